The lowest BCUT2D eigenvalue weighted by Crippen LogP contribution is -2.44. The summed E-state index contributed by atoms with van der Waals surface area (Å²) in [5.74, 6) is -2.73. The lowest BCUT2D eigenvalue weighted by atomic mass is 9.97. The van der Waals surface area contributed by atoms with Crippen molar-refractivity contribution < 1.29 is 27.6 Å². The number of piperidine rings is 2. The molecule has 0 aliphatic carbocycles. The molecule has 1 aromatic carbocycles. The van der Waals surface area contributed by atoms with Gasteiger partial charge in [0.25, 0.3) is 11.8 Å². The maximum Gasteiger partial charge on any atom is 0.393 e. The van der Waals surface area contributed by atoms with Gasteiger partial charge in [-0.25, -0.2) is 0 Å². The Labute approximate surface area is 200 Å². The fourth-order valence-corrected chi connectivity index (χ4v) is 5.57. The molecule has 4 rings (SSSR count). The number of aliphatic imine (C=N–C) groups is 1. The SMILES string of the molecule is O=C(C[C@H]1SC(N2CCCCC2)=NC1=O)Nc1cccc(C(=O)N2CCC[C@H](C(F)(F)F)C2)c1. The topological polar surface area (TPSA) is 82.1 Å². The molecule has 7 nitrogen and oxygen atoms in total. The Hall–Kier alpha value is -2.56. The van der Waals surface area contributed by atoms with Crippen LogP contribution >= 0.6 is 11.8 Å². The number of nitrogens with zero attached hydrogens (tertiary/aromatic N) is 3. The van der Waals surface area contributed by atoms with Gasteiger partial charge in [0.15, 0.2) is 5.17 Å². The molecule has 34 heavy (non-hydrogen) atoms. The van der Waals surface area contributed by atoms with E-state index in [2.05, 4.69) is 15.2 Å². The van der Waals surface area contributed by atoms with Crippen LogP contribution in [0.1, 0.15) is 48.9 Å². The number of thioether (sulfide) groups is 1. The van der Waals surface area contributed by atoms with Gasteiger partial charge in [0.05, 0.1) is 5.92 Å². The molecule has 0 saturated carbocycles. The van der Waals surface area contributed by atoms with Crippen molar-refractivity contribution in [2.45, 2.75) is 50.0 Å². The molecule has 3 heterocycles. The first-order chi connectivity index (χ1) is 16.2. The quantitative estimate of drug-likeness (QED) is 0.684. The van der Waals surface area contributed by atoms with Crippen molar-refractivity contribution in [1.82, 2.24) is 9.80 Å². The van der Waals surface area contributed by atoms with Gasteiger partial charge in [-0.15, -0.1) is 0 Å². The van der Waals surface area contributed by atoms with E-state index in [-0.39, 0.29) is 43.3 Å². The number of amidine groups is 1. The van der Waals surface area contributed by atoms with Gasteiger partial charge >= 0.3 is 6.18 Å². The van der Waals surface area contributed by atoms with Gasteiger partial charge in [-0.1, -0.05) is 17.8 Å². The van der Waals surface area contributed by atoms with Gasteiger partial charge in [0, 0.05) is 43.9 Å². The minimum absolute atomic E-state index is 0.0183. The molecular weight excluding hydrogens is 469 g/mol. The van der Waals surface area contributed by atoms with E-state index < -0.39 is 23.3 Å². The lowest BCUT2D eigenvalue weighted by Gasteiger charge is -2.33. The molecule has 1 N–H and O–H groups in total. The highest BCUT2D eigenvalue weighted by molar-refractivity contribution is 8.15. The third kappa shape index (κ3) is 5.92. The summed E-state index contributed by atoms with van der Waals surface area (Å²) < 4.78 is 39.3. The highest BCUT2D eigenvalue weighted by Crippen LogP contribution is 2.34. The van der Waals surface area contributed by atoms with E-state index in [9.17, 15) is 27.6 Å². The Morgan fingerprint density at radius 2 is 1.88 bits per heavy atom. The summed E-state index contributed by atoms with van der Waals surface area (Å²) >= 11 is 1.31. The van der Waals surface area contributed by atoms with Crippen LogP contribution in [0.15, 0.2) is 29.3 Å². The first-order valence-electron chi connectivity index (χ1n) is 11.5. The number of benzene rings is 1. The molecule has 184 valence electrons. The van der Waals surface area contributed by atoms with Crippen LogP contribution in [0.4, 0.5) is 18.9 Å². The number of alkyl halides is 3. The number of likely N-dealkylation sites (tertiary alicyclic amines) is 2. The van der Waals surface area contributed by atoms with Crippen LogP contribution in [-0.4, -0.2) is 70.3 Å². The van der Waals surface area contributed by atoms with Gasteiger partial charge in [-0.3, -0.25) is 14.4 Å². The number of hydrogen-bond donors (Lipinski definition) is 1. The summed E-state index contributed by atoms with van der Waals surface area (Å²) in [5.41, 5.74) is 0.565. The van der Waals surface area contributed by atoms with Crippen molar-refractivity contribution in [3.8, 4) is 0 Å². The zero-order chi connectivity index (χ0) is 24.3. The summed E-state index contributed by atoms with van der Waals surface area (Å²) in [7, 11) is 0. The van der Waals surface area contributed by atoms with Crippen molar-refractivity contribution >= 4 is 40.3 Å². The van der Waals surface area contributed by atoms with Gasteiger partial charge in [-0.2, -0.15) is 18.2 Å². The summed E-state index contributed by atoms with van der Waals surface area (Å²) in [6.45, 7) is 1.63. The molecule has 2 atom stereocenters. The van der Waals surface area contributed by atoms with E-state index in [4.69, 9.17) is 0 Å². The number of hydrogen-bond acceptors (Lipinski definition) is 5. The van der Waals surface area contributed by atoms with Crippen LogP contribution in [0.25, 0.3) is 0 Å². The third-order valence-electron chi connectivity index (χ3n) is 6.29. The maximum absolute atomic E-state index is 13.1. The normalized spacial score (nSPS) is 23.6. The fourth-order valence-electron chi connectivity index (χ4n) is 4.45. The molecule has 0 radical (unpaired) electrons. The van der Waals surface area contributed by atoms with Crippen LogP contribution in [0, 0.1) is 5.92 Å². The van der Waals surface area contributed by atoms with Gasteiger partial charge in [0.1, 0.15) is 5.25 Å². The minimum Gasteiger partial charge on any atom is -0.351 e. The predicted octanol–water partition coefficient (Wildman–Crippen LogP) is 3.91. The zero-order valence-corrected chi connectivity index (χ0v) is 19.5. The molecule has 1 aromatic rings. The van der Waals surface area contributed by atoms with Crippen LogP contribution in [0.3, 0.4) is 0 Å². The average Bonchev–Trinajstić information content (AvgIpc) is 3.18. The van der Waals surface area contributed by atoms with Crippen LogP contribution in [0.5, 0.6) is 0 Å². The van der Waals surface area contributed by atoms with Crippen molar-refractivity contribution in [2.75, 3.05) is 31.5 Å². The largest absolute Gasteiger partial charge is 0.393 e. The van der Waals surface area contributed by atoms with Crippen molar-refractivity contribution in [1.29, 1.82) is 0 Å². The summed E-state index contributed by atoms with van der Waals surface area (Å²) in [5, 5.41) is 2.78. The van der Waals surface area contributed by atoms with Crippen molar-refractivity contribution in [2.24, 2.45) is 10.9 Å². The lowest BCUT2D eigenvalue weighted by molar-refractivity contribution is -0.184. The van der Waals surface area contributed by atoms with E-state index >= 15 is 0 Å². The first kappa shape index (κ1) is 24.6. The Kier molecular flexibility index (Phi) is 7.49. The van der Waals surface area contributed by atoms with Crippen molar-refractivity contribution in [3.63, 3.8) is 0 Å². The van der Waals surface area contributed by atoms with Gasteiger partial charge < -0.3 is 15.1 Å². The monoisotopic (exact) mass is 496 g/mol. The standard InChI is InChI=1S/C23H27F3N4O3S/c24-23(25,26)16-7-5-11-30(14-16)21(33)15-6-4-8-17(12-15)27-19(31)13-18-20(32)28-22(34-18)29-9-2-1-3-10-29/h4,6,8,12,16,18H,1-3,5,7,9-11,13-14H2,(H,27,31)/t16-,18+/m0/s1. The second-order valence-corrected chi connectivity index (χ2v) is 10.0. The molecular formula is C23H27F3N4O3S. The number of rotatable bonds is 4. The van der Waals surface area contributed by atoms with Crippen molar-refractivity contribution in [3.05, 3.63) is 29.8 Å². The second-order valence-electron chi connectivity index (χ2n) is 8.85. The van der Waals surface area contributed by atoms with E-state index in [0.29, 0.717) is 17.3 Å². The van der Waals surface area contributed by atoms with E-state index in [1.54, 1.807) is 12.1 Å². The minimum atomic E-state index is -4.33. The number of nitrogens with one attached hydrogen (secondary N) is 1. The molecule has 0 bridgehead atoms. The number of carbonyl (C=O) groups is 3. The summed E-state index contributed by atoms with van der Waals surface area (Å²) in [4.78, 5) is 45.1. The molecule has 3 aliphatic rings. The molecule has 0 unspecified atom stereocenters. The van der Waals surface area contributed by atoms with E-state index in [0.717, 1.165) is 32.4 Å². The van der Waals surface area contributed by atoms with Crippen LogP contribution in [-0.2, 0) is 9.59 Å². The summed E-state index contributed by atoms with van der Waals surface area (Å²) in [6.07, 6.45) is -0.795. The van der Waals surface area contributed by atoms with Crippen LogP contribution < -0.4 is 5.32 Å². The maximum atomic E-state index is 13.1. The number of halogens is 3. The molecule has 0 aromatic heterocycles. The summed E-state index contributed by atoms with van der Waals surface area (Å²) in [6, 6.07) is 6.14. The number of amides is 3. The fraction of sp³-hybridized carbons (Fsp3) is 0.565. The Morgan fingerprint density at radius 1 is 1.12 bits per heavy atom. The van der Waals surface area contributed by atoms with E-state index in [1.165, 1.54) is 28.8 Å². The molecule has 11 heteroatoms. The highest BCUT2D eigenvalue weighted by Gasteiger charge is 2.42. The predicted molar refractivity (Wildman–Crippen MR) is 124 cm³/mol. The first-order valence-corrected chi connectivity index (χ1v) is 12.4. The Balaban J connectivity index is 1.33. The average molecular weight is 497 g/mol. The zero-order valence-electron chi connectivity index (χ0n) is 18.6. The molecule has 3 amide bonds. The molecule has 3 aliphatic heterocycles. The Bertz CT molecular complexity index is 978. The Morgan fingerprint density at radius 3 is 2.62 bits per heavy atom. The third-order valence-corrected chi connectivity index (χ3v) is 7.50. The second kappa shape index (κ2) is 10.4. The molecule has 0 spiro atoms. The van der Waals surface area contributed by atoms with E-state index in [1.807, 2.05) is 0 Å². The smallest absolute Gasteiger partial charge is 0.351 e. The van der Waals surface area contributed by atoms with Crippen LogP contribution in [0.2, 0.25) is 0 Å². The van der Waals surface area contributed by atoms with Gasteiger partial charge in [0.2, 0.25) is 5.91 Å². The van der Waals surface area contributed by atoms with Gasteiger partial charge in [-0.05, 0) is 50.3 Å². The number of anilines is 1. The molecule has 2 saturated heterocycles. The molecule has 2 fully saturated rings. The highest BCUT2D eigenvalue weighted by atomic mass is 32.2. The number of carbonyl (C=O) groups excluding carboxylic acids is 3.